The van der Waals surface area contributed by atoms with Gasteiger partial charge >= 0.3 is 156 Å². The molecule has 0 spiro atoms. The Morgan fingerprint density at radius 1 is 0.792 bits per heavy atom. The first-order chi connectivity index (χ1) is 22.5. The average molecular weight is 1080 g/mol. The van der Waals surface area contributed by atoms with Crippen molar-refractivity contribution < 1.29 is 101 Å². The molecule has 0 aliphatic heterocycles. The van der Waals surface area contributed by atoms with Crippen molar-refractivity contribution in [2.24, 2.45) is 5.73 Å². The van der Waals surface area contributed by atoms with Gasteiger partial charge in [-0.3, -0.25) is 0 Å². The summed E-state index contributed by atoms with van der Waals surface area (Å²) in [5.41, 5.74) is 6.71. The number of rotatable bonds is 23. The fourth-order valence-corrected chi connectivity index (χ4v) is 5.85. The van der Waals surface area contributed by atoms with Crippen molar-refractivity contribution in [1.29, 1.82) is 0 Å². The second-order valence-electron chi connectivity index (χ2n) is 10.3. The van der Waals surface area contributed by atoms with Gasteiger partial charge in [-0.25, -0.2) is 4.67 Å². The predicted molar refractivity (Wildman–Crippen MR) is 212 cm³/mol. The molecule has 0 saturated heterocycles. The SMILES string of the molecule is Brc1ccsc1.CCCCCCCCCCCCN.CCCCCCCCCCCCNc1ccsc1.O=[P+]([O-])O[O-].[Cu].[Cu][I].[K+].[K][K]. The maximum atomic E-state index is 8.87. The topological polar surface area (TPSA) is 110 Å². The van der Waals surface area contributed by atoms with E-state index in [0.29, 0.717) is 0 Å². The minimum absolute atomic E-state index is 0. The summed E-state index contributed by atoms with van der Waals surface area (Å²) >= 11 is 15.1. The molecule has 2 heterocycles. The Kier molecular flexibility index (Phi) is 89.8. The van der Waals surface area contributed by atoms with E-state index in [-0.39, 0.29) is 68.5 Å². The van der Waals surface area contributed by atoms with Crippen molar-refractivity contribution in [2.45, 2.75) is 142 Å². The van der Waals surface area contributed by atoms with Crippen molar-refractivity contribution in [3.63, 3.8) is 0 Å². The number of halogens is 2. The monoisotopic (exact) mass is 1080 g/mol. The summed E-state index contributed by atoms with van der Waals surface area (Å²) in [6.45, 7) is 6.56. The summed E-state index contributed by atoms with van der Waals surface area (Å²) < 4.78 is 12.5. The molecule has 2 aromatic rings. The van der Waals surface area contributed by atoms with E-state index in [0.717, 1.165) is 13.1 Å². The van der Waals surface area contributed by atoms with Crippen molar-refractivity contribution in [2.75, 3.05) is 18.4 Å². The van der Waals surface area contributed by atoms with Gasteiger partial charge in [0.05, 0.1) is 0 Å². The zero-order valence-electron chi connectivity index (χ0n) is 30.4. The number of nitrogens with two attached hydrogens (primary N) is 1. The van der Waals surface area contributed by atoms with Gasteiger partial charge in [-0.1, -0.05) is 129 Å². The van der Waals surface area contributed by atoms with Gasteiger partial charge in [-0.15, -0.1) is 0 Å². The van der Waals surface area contributed by atoms with E-state index < -0.39 is 8.25 Å². The molecule has 0 aliphatic carbocycles. The van der Waals surface area contributed by atoms with Gasteiger partial charge in [0.15, 0.2) is 0 Å². The van der Waals surface area contributed by atoms with E-state index in [9.17, 15) is 0 Å². The molecular formula is C32H59BrCu2IK3N2O4PS2. The number of hydrogen-bond acceptors (Lipinski definition) is 8. The van der Waals surface area contributed by atoms with Crippen LogP contribution in [0.15, 0.2) is 38.1 Å². The Morgan fingerprint density at radius 3 is 1.42 bits per heavy atom. The van der Waals surface area contributed by atoms with Crippen LogP contribution in [-0.4, -0.2) is 76.2 Å². The van der Waals surface area contributed by atoms with Gasteiger partial charge in [0.2, 0.25) is 0 Å². The van der Waals surface area contributed by atoms with E-state index in [1.165, 1.54) is 202 Å². The molecular weight excluding hydrogens is 1020 g/mol. The zero-order chi connectivity index (χ0) is 35.4. The minimum atomic E-state index is -3.15. The van der Waals surface area contributed by atoms with Crippen LogP contribution in [-0.2, 0) is 39.1 Å². The number of hydrogen-bond donors (Lipinski definition) is 2. The summed E-state index contributed by atoms with van der Waals surface area (Å²) in [6.07, 6.45) is 28.1. The van der Waals surface area contributed by atoms with Gasteiger partial charge in [0, 0.05) is 44.5 Å². The molecule has 3 N–H and O–H groups in total. The fourth-order valence-electron chi connectivity index (χ4n) is 4.09. The Labute approximate surface area is 430 Å². The molecule has 2 aromatic heterocycles. The van der Waals surface area contributed by atoms with Crippen molar-refractivity contribution in [1.82, 2.24) is 0 Å². The standard InChI is InChI=1S/C16H29NS.C12H27N.C4H3BrS.2Cu.HI.3K.HO4P/c1-2-3-4-5-6-7-8-9-10-11-13-17-16-12-14-18-15-16;1-2-3-4-5-6-7-8-9-10-11-12-13;5-4-1-2-6-3-4;;;;;;;1-4-5(2)3/h12,14-15,17H,2-11,13H2,1H3;2-13H2,1H3;1-3H;;;1H;;;;1H/q;;;;+1;;;;+1;/p-2. The van der Waals surface area contributed by atoms with Gasteiger partial charge in [-0.05, 0) is 62.8 Å². The Balaban J connectivity index is -0.000000128. The molecule has 6 nitrogen and oxygen atoms in total. The van der Waals surface area contributed by atoms with E-state index in [1.54, 1.807) is 43.0 Å². The van der Waals surface area contributed by atoms with Gasteiger partial charge in [0.25, 0.3) is 0 Å². The maximum absolute atomic E-state index is 8.87. The van der Waals surface area contributed by atoms with Crippen LogP contribution >= 0.6 is 67.2 Å². The second kappa shape index (κ2) is 65.2. The summed E-state index contributed by atoms with van der Waals surface area (Å²) in [7, 11) is -3.15. The molecule has 1 radical (unpaired) electrons. The third-order valence-corrected chi connectivity index (χ3v) is 8.77. The third kappa shape index (κ3) is 67.1. The van der Waals surface area contributed by atoms with Crippen LogP contribution in [0.25, 0.3) is 0 Å². The van der Waals surface area contributed by atoms with Crippen molar-refractivity contribution >= 4 is 136 Å². The first kappa shape index (κ1) is 66.1. The third-order valence-electron chi connectivity index (χ3n) is 6.49. The number of thiophene rings is 2. The molecule has 1 atom stereocenters. The van der Waals surface area contributed by atoms with Crippen LogP contribution in [0, 0.1) is 0 Å². The molecule has 0 fully saturated rings. The predicted octanol–water partition coefficient (Wildman–Crippen LogP) is 7.88. The molecule has 2 rings (SSSR count). The van der Waals surface area contributed by atoms with Crippen LogP contribution in [0.2, 0.25) is 0 Å². The van der Waals surface area contributed by atoms with Gasteiger partial charge in [-0.2, -0.15) is 22.7 Å². The molecule has 0 amide bonds. The summed E-state index contributed by atoms with van der Waals surface area (Å²) in [5, 5.41) is 20.4. The summed E-state index contributed by atoms with van der Waals surface area (Å²) in [6, 6.07) is 4.17. The molecule has 0 aromatic carbocycles. The van der Waals surface area contributed by atoms with Crippen molar-refractivity contribution in [3.05, 3.63) is 38.1 Å². The average Bonchev–Trinajstić information content (AvgIpc) is 3.80. The van der Waals surface area contributed by atoms with E-state index >= 15 is 0 Å². The Morgan fingerprint density at radius 2 is 1.15 bits per heavy atom. The van der Waals surface area contributed by atoms with Gasteiger partial charge < -0.3 is 21.2 Å². The molecule has 277 valence electrons. The first-order valence-electron chi connectivity index (χ1n) is 17.2. The molecule has 0 bridgehead atoms. The molecule has 1 unspecified atom stereocenters. The van der Waals surface area contributed by atoms with Crippen LogP contribution in [0.3, 0.4) is 0 Å². The molecule has 48 heavy (non-hydrogen) atoms. The fraction of sp³-hybridized carbons (Fsp3) is 0.750. The zero-order valence-corrected chi connectivity index (χ0v) is 47.9. The molecule has 0 aliphatic rings. The van der Waals surface area contributed by atoms with Gasteiger partial charge in [0.1, 0.15) is 0 Å². The Bertz CT molecular complexity index is 766. The summed E-state index contributed by atoms with van der Waals surface area (Å²) in [4.78, 5) is 8.87. The first-order valence-corrected chi connectivity index (χ1v) is 40.0. The van der Waals surface area contributed by atoms with Crippen molar-refractivity contribution in [3.8, 4) is 0 Å². The number of anilines is 1. The number of unbranched alkanes of at least 4 members (excludes halogenated alkanes) is 18. The van der Waals surface area contributed by atoms with E-state index in [1.807, 2.05) is 16.8 Å². The van der Waals surface area contributed by atoms with Crippen LogP contribution < -0.4 is 72.6 Å². The normalized spacial score (nSPS) is 9.48. The number of nitrogens with one attached hydrogen (secondary N) is 1. The van der Waals surface area contributed by atoms with E-state index in [4.69, 9.17) is 20.4 Å². The van der Waals surface area contributed by atoms with E-state index in [2.05, 4.69) is 69.4 Å². The van der Waals surface area contributed by atoms with Crippen LogP contribution in [0.4, 0.5) is 5.69 Å². The quantitative estimate of drug-likeness (QED) is 0.0293. The summed E-state index contributed by atoms with van der Waals surface area (Å²) in [5.74, 6) is 0. The van der Waals surface area contributed by atoms with Crippen LogP contribution in [0.5, 0.6) is 0 Å². The van der Waals surface area contributed by atoms with Crippen LogP contribution in [0.1, 0.15) is 142 Å². The second-order valence-corrected chi connectivity index (χ2v) is 13.4. The Hall–Kier alpha value is 6.30. The molecule has 0 saturated carbocycles. The molecule has 16 heteroatoms.